The van der Waals surface area contributed by atoms with E-state index in [4.69, 9.17) is 14.2 Å². The Morgan fingerprint density at radius 3 is 0.768 bits per heavy atom. The van der Waals surface area contributed by atoms with E-state index >= 15 is 0 Å². The third-order valence-corrected chi connectivity index (χ3v) is 14.7. The highest BCUT2D eigenvalue weighted by atomic mass is 16.6. The normalized spacial score (nSPS) is 12.9. The lowest BCUT2D eigenvalue weighted by molar-refractivity contribution is -0.167. The van der Waals surface area contributed by atoms with Gasteiger partial charge >= 0.3 is 17.9 Å². The molecule has 0 rings (SSSR count). The first-order valence-corrected chi connectivity index (χ1v) is 34.5. The van der Waals surface area contributed by atoms with E-state index in [9.17, 15) is 14.4 Å². The average molecular weight is 1140 g/mol. The maximum absolute atomic E-state index is 12.9. The van der Waals surface area contributed by atoms with E-state index in [0.29, 0.717) is 19.3 Å². The molecule has 1 atom stereocenters. The minimum absolute atomic E-state index is 0.0933. The quantitative estimate of drug-likeness (QED) is 0.0261. The van der Waals surface area contributed by atoms with Gasteiger partial charge in [0.05, 0.1) is 0 Å². The fourth-order valence-corrected chi connectivity index (χ4v) is 9.62. The number of allylic oxidation sites excluding steroid dienone is 20. The summed E-state index contributed by atoms with van der Waals surface area (Å²) in [6.45, 7) is 6.40. The number of carbonyl (C=O) groups is 3. The third-order valence-electron chi connectivity index (χ3n) is 14.7. The van der Waals surface area contributed by atoms with Crippen LogP contribution >= 0.6 is 0 Å². The molecular formula is C76H128O6. The molecule has 1 unspecified atom stereocenters. The van der Waals surface area contributed by atoms with Gasteiger partial charge in [0.1, 0.15) is 13.2 Å². The van der Waals surface area contributed by atoms with Crippen LogP contribution in [0.4, 0.5) is 0 Å². The van der Waals surface area contributed by atoms with Crippen LogP contribution in [0.25, 0.3) is 0 Å². The Morgan fingerprint density at radius 2 is 0.476 bits per heavy atom. The summed E-state index contributed by atoms with van der Waals surface area (Å²) >= 11 is 0. The van der Waals surface area contributed by atoms with E-state index < -0.39 is 6.10 Å². The van der Waals surface area contributed by atoms with Crippen molar-refractivity contribution in [3.05, 3.63) is 122 Å². The predicted molar refractivity (Wildman–Crippen MR) is 357 cm³/mol. The standard InChI is InChI=1S/C76H128O6/c1-4-7-10-13-16-19-22-25-27-29-31-33-34-35-36-37-38-39-40-41-42-44-45-47-49-51-54-57-60-63-66-69-75(78)81-72-73(71-80-74(77)68-65-62-59-56-53-24-21-18-15-12-9-6-3)82-76(79)70-67-64-61-58-55-52-50-48-46-43-32-30-28-26-23-20-17-14-11-8-5-2/h7-8,10-11,16-17,19-20,25-28,31-33,43,48,50,55,58,73H,4-6,9,12-15,18,21-24,29-30,34-42,44-47,49,51-54,56-57,59-72H2,1-3H3/b10-7-,11-8-,19-16-,20-17-,27-25-,28-26-,33-31-,43-32-,50-48-,58-55-. The number of rotatable bonds is 62. The lowest BCUT2D eigenvalue weighted by atomic mass is 10.0. The van der Waals surface area contributed by atoms with Gasteiger partial charge in [0.25, 0.3) is 0 Å². The van der Waals surface area contributed by atoms with Crippen LogP contribution in [0.15, 0.2) is 122 Å². The minimum atomic E-state index is -0.802. The zero-order valence-electron chi connectivity index (χ0n) is 53.7. The number of hydrogen-bond acceptors (Lipinski definition) is 6. The molecule has 6 nitrogen and oxygen atoms in total. The molecule has 6 heteroatoms. The van der Waals surface area contributed by atoms with Crippen molar-refractivity contribution >= 4 is 17.9 Å². The Bertz CT molecular complexity index is 1690. The average Bonchev–Trinajstić information content (AvgIpc) is 3.47. The van der Waals surface area contributed by atoms with E-state index in [1.54, 1.807) is 0 Å². The molecule has 0 aliphatic carbocycles. The van der Waals surface area contributed by atoms with E-state index in [1.165, 1.54) is 161 Å². The molecule has 0 aromatic carbocycles. The summed E-state index contributed by atoms with van der Waals surface area (Å²) in [5.74, 6) is -0.926. The van der Waals surface area contributed by atoms with E-state index in [1.807, 2.05) is 0 Å². The van der Waals surface area contributed by atoms with E-state index in [2.05, 4.69) is 142 Å². The van der Waals surface area contributed by atoms with Crippen molar-refractivity contribution in [2.24, 2.45) is 0 Å². The monoisotopic (exact) mass is 1140 g/mol. The van der Waals surface area contributed by atoms with Crippen molar-refractivity contribution in [2.45, 2.75) is 329 Å². The van der Waals surface area contributed by atoms with Crippen molar-refractivity contribution in [3.63, 3.8) is 0 Å². The Labute approximate surface area is 507 Å². The maximum atomic E-state index is 12.9. The topological polar surface area (TPSA) is 78.9 Å². The fraction of sp³-hybridized carbons (Fsp3) is 0.697. The molecule has 0 saturated heterocycles. The molecule has 0 bridgehead atoms. The molecule has 0 heterocycles. The number of unbranched alkanes of at least 4 members (excludes halogenated alkanes) is 31. The molecule has 468 valence electrons. The summed E-state index contributed by atoms with van der Waals surface area (Å²) in [6.07, 6.45) is 96.6. The molecule has 0 N–H and O–H groups in total. The van der Waals surface area contributed by atoms with E-state index in [0.717, 1.165) is 116 Å². The molecule has 0 amide bonds. The number of carbonyl (C=O) groups excluding carboxylic acids is 3. The number of esters is 3. The molecule has 0 saturated carbocycles. The predicted octanol–water partition coefficient (Wildman–Crippen LogP) is 23.9. The smallest absolute Gasteiger partial charge is 0.306 e. The van der Waals surface area contributed by atoms with Crippen LogP contribution in [0.5, 0.6) is 0 Å². The second-order valence-electron chi connectivity index (χ2n) is 22.7. The van der Waals surface area contributed by atoms with Gasteiger partial charge in [-0.1, -0.05) is 316 Å². The van der Waals surface area contributed by atoms with Crippen molar-refractivity contribution < 1.29 is 28.6 Å². The van der Waals surface area contributed by atoms with Crippen LogP contribution in [0.2, 0.25) is 0 Å². The van der Waals surface area contributed by atoms with Crippen LogP contribution in [0.3, 0.4) is 0 Å². The van der Waals surface area contributed by atoms with Crippen molar-refractivity contribution in [2.75, 3.05) is 13.2 Å². The molecule has 82 heavy (non-hydrogen) atoms. The highest BCUT2D eigenvalue weighted by Gasteiger charge is 2.19. The molecule has 0 aromatic rings. The molecular weight excluding hydrogens is 1010 g/mol. The molecule has 0 radical (unpaired) electrons. The van der Waals surface area contributed by atoms with Crippen LogP contribution in [-0.2, 0) is 28.6 Å². The summed E-state index contributed by atoms with van der Waals surface area (Å²) in [5.41, 5.74) is 0. The largest absolute Gasteiger partial charge is 0.462 e. The number of ether oxygens (including phenoxy) is 3. The van der Waals surface area contributed by atoms with Gasteiger partial charge in [0.2, 0.25) is 0 Å². The SMILES string of the molecule is CC/C=C\C/C=C\C/C=C\C/C=C\C/C=C\C/C=C\CCCCC(=O)OC(COC(=O)CCCCCCCCCCCCCC)COC(=O)CCCCCCCCCCCCCCCCCCCC/C=C\C/C=C\C/C=C\C/C=C\CC. The first kappa shape index (κ1) is 77.8. The Morgan fingerprint density at radius 1 is 0.256 bits per heavy atom. The first-order valence-electron chi connectivity index (χ1n) is 34.5. The Hall–Kier alpha value is -4.19. The van der Waals surface area contributed by atoms with Crippen LogP contribution < -0.4 is 0 Å². The van der Waals surface area contributed by atoms with Gasteiger partial charge in [0, 0.05) is 19.3 Å². The van der Waals surface area contributed by atoms with Crippen molar-refractivity contribution in [1.29, 1.82) is 0 Å². The maximum Gasteiger partial charge on any atom is 0.306 e. The van der Waals surface area contributed by atoms with Crippen LogP contribution in [-0.4, -0.2) is 37.2 Å². The molecule has 0 aromatic heterocycles. The van der Waals surface area contributed by atoms with Gasteiger partial charge in [0.15, 0.2) is 6.10 Å². The highest BCUT2D eigenvalue weighted by Crippen LogP contribution is 2.17. The fourth-order valence-electron chi connectivity index (χ4n) is 9.62. The van der Waals surface area contributed by atoms with Crippen molar-refractivity contribution in [3.8, 4) is 0 Å². The minimum Gasteiger partial charge on any atom is -0.462 e. The zero-order chi connectivity index (χ0) is 59.2. The summed E-state index contributed by atoms with van der Waals surface area (Å²) in [7, 11) is 0. The summed E-state index contributed by atoms with van der Waals surface area (Å²) in [4.78, 5) is 38.3. The molecule has 0 aliphatic heterocycles. The third kappa shape index (κ3) is 66.6. The lowest BCUT2D eigenvalue weighted by Crippen LogP contribution is -2.30. The summed E-state index contributed by atoms with van der Waals surface area (Å²) in [5, 5.41) is 0. The second-order valence-corrected chi connectivity index (χ2v) is 22.7. The van der Waals surface area contributed by atoms with Gasteiger partial charge in [-0.2, -0.15) is 0 Å². The summed E-state index contributed by atoms with van der Waals surface area (Å²) < 4.78 is 16.9. The lowest BCUT2D eigenvalue weighted by Gasteiger charge is -2.18. The van der Waals surface area contributed by atoms with Crippen LogP contribution in [0.1, 0.15) is 323 Å². The number of hydrogen-bond donors (Lipinski definition) is 0. The second kappa shape index (κ2) is 69.3. The van der Waals surface area contributed by atoms with Crippen molar-refractivity contribution in [1.82, 2.24) is 0 Å². The van der Waals surface area contributed by atoms with Gasteiger partial charge in [-0.3, -0.25) is 14.4 Å². The highest BCUT2D eigenvalue weighted by molar-refractivity contribution is 5.71. The molecule has 0 aliphatic rings. The van der Waals surface area contributed by atoms with Crippen LogP contribution in [0, 0.1) is 0 Å². The van der Waals surface area contributed by atoms with Gasteiger partial charge in [-0.25, -0.2) is 0 Å². The Kier molecular flexibility index (Phi) is 65.8. The zero-order valence-corrected chi connectivity index (χ0v) is 53.7. The van der Waals surface area contributed by atoms with Gasteiger partial charge < -0.3 is 14.2 Å². The molecule has 0 fully saturated rings. The Balaban J connectivity index is 4.26. The van der Waals surface area contributed by atoms with Gasteiger partial charge in [-0.15, -0.1) is 0 Å². The van der Waals surface area contributed by atoms with Gasteiger partial charge in [-0.05, 0) is 109 Å². The van der Waals surface area contributed by atoms with E-state index in [-0.39, 0.29) is 37.5 Å². The first-order chi connectivity index (χ1) is 40.5. The molecule has 0 spiro atoms. The summed E-state index contributed by atoms with van der Waals surface area (Å²) in [6, 6.07) is 0.